The first-order valence-electron chi connectivity index (χ1n) is 4.81. The molecule has 18 heavy (non-hydrogen) atoms. The van der Waals surface area contributed by atoms with Crippen LogP contribution in [0.25, 0.3) is 0 Å². The number of rotatable bonds is 4. The summed E-state index contributed by atoms with van der Waals surface area (Å²) in [6, 6.07) is 0.695. The maximum absolute atomic E-state index is 11.2. The second-order valence-corrected chi connectivity index (χ2v) is 5.37. The number of thioether (sulfide) groups is 1. The Hall–Kier alpha value is -1.67. The fraction of sp³-hybridized carbons (Fsp3) is 0.200. The van der Waals surface area contributed by atoms with E-state index in [1.54, 1.807) is 16.8 Å². The van der Waals surface area contributed by atoms with Gasteiger partial charge in [0.1, 0.15) is 6.04 Å². The van der Waals surface area contributed by atoms with E-state index in [-0.39, 0.29) is 0 Å². The fourth-order valence-corrected chi connectivity index (χ4v) is 2.90. The number of azo groups is 1. The molecule has 1 atom stereocenters. The van der Waals surface area contributed by atoms with E-state index in [1.165, 1.54) is 22.8 Å². The van der Waals surface area contributed by atoms with Gasteiger partial charge in [0.25, 0.3) is 0 Å². The first kappa shape index (κ1) is 12.8. The van der Waals surface area contributed by atoms with E-state index >= 15 is 0 Å². The molecule has 0 unspecified atom stereocenters. The number of hydrogen-bond donors (Lipinski definition) is 2. The Labute approximate surface area is 110 Å². The third-order valence-corrected chi connectivity index (χ3v) is 4.30. The molecule has 0 aromatic carbocycles. The summed E-state index contributed by atoms with van der Waals surface area (Å²) in [5.41, 5.74) is 0.579. The molecule has 1 aromatic heterocycles. The van der Waals surface area contributed by atoms with Gasteiger partial charge in [-0.3, -0.25) is 0 Å². The van der Waals surface area contributed by atoms with Crippen LogP contribution >= 0.6 is 23.1 Å². The predicted molar refractivity (Wildman–Crippen MR) is 67.4 cm³/mol. The quantitative estimate of drug-likeness (QED) is 0.653. The third kappa shape index (κ3) is 2.04. The number of carboxylic acids is 2. The molecule has 0 radical (unpaired) electrons. The molecule has 0 amide bonds. The highest BCUT2D eigenvalue weighted by atomic mass is 32.2. The molecule has 2 rings (SSSR count). The van der Waals surface area contributed by atoms with Crippen molar-refractivity contribution >= 4 is 40.7 Å². The zero-order chi connectivity index (χ0) is 13.2. The number of thiophene rings is 1. The molecule has 0 fully saturated rings. The van der Waals surface area contributed by atoms with Gasteiger partial charge in [-0.15, -0.1) is 11.8 Å². The van der Waals surface area contributed by atoms with Crippen molar-refractivity contribution in [1.82, 2.24) is 0 Å². The second kappa shape index (κ2) is 4.91. The lowest BCUT2D eigenvalue weighted by molar-refractivity contribution is -0.151. The molecular weight excluding hydrogens is 276 g/mol. The highest BCUT2D eigenvalue weighted by Crippen LogP contribution is 2.40. The van der Waals surface area contributed by atoms with Gasteiger partial charge in [-0.25, -0.2) is 9.59 Å². The predicted octanol–water partition coefficient (Wildman–Crippen LogP) is 2.37. The summed E-state index contributed by atoms with van der Waals surface area (Å²) < 4.78 is -2.01. The van der Waals surface area contributed by atoms with Gasteiger partial charge in [0.15, 0.2) is 0 Å². The maximum Gasteiger partial charge on any atom is 0.334 e. The number of nitrogens with zero attached hydrogens (tertiary/aromatic N) is 2. The van der Waals surface area contributed by atoms with Crippen LogP contribution in [0.15, 0.2) is 38.5 Å². The Balaban J connectivity index is 2.28. The molecule has 0 saturated carbocycles. The Morgan fingerprint density at radius 3 is 2.61 bits per heavy atom. The lowest BCUT2D eigenvalue weighted by Gasteiger charge is -2.21. The van der Waals surface area contributed by atoms with Gasteiger partial charge in [-0.1, -0.05) is 0 Å². The van der Waals surface area contributed by atoms with Crippen molar-refractivity contribution in [2.75, 3.05) is 0 Å². The molecular formula is C10H8N2O4S2. The van der Waals surface area contributed by atoms with Crippen LogP contribution < -0.4 is 0 Å². The van der Waals surface area contributed by atoms with Gasteiger partial charge < -0.3 is 10.2 Å². The van der Waals surface area contributed by atoms with Crippen molar-refractivity contribution in [3.63, 3.8) is 0 Å². The molecule has 2 heterocycles. The lowest BCUT2D eigenvalue weighted by Crippen LogP contribution is -2.49. The summed E-state index contributed by atoms with van der Waals surface area (Å²) in [6.45, 7) is 0. The van der Waals surface area contributed by atoms with E-state index < -0.39 is 22.7 Å². The van der Waals surface area contributed by atoms with Crippen molar-refractivity contribution in [2.24, 2.45) is 10.2 Å². The van der Waals surface area contributed by atoms with E-state index in [9.17, 15) is 9.59 Å². The smallest absolute Gasteiger partial charge is 0.334 e. The number of carbonyl (C=O) groups is 2. The van der Waals surface area contributed by atoms with Crippen LogP contribution in [0.2, 0.25) is 0 Å². The number of hydrogen-bond acceptors (Lipinski definition) is 6. The monoisotopic (exact) mass is 284 g/mol. The Morgan fingerprint density at radius 1 is 1.33 bits per heavy atom. The highest BCUT2D eigenvalue weighted by molar-refractivity contribution is 8.05. The zero-order valence-corrected chi connectivity index (χ0v) is 10.5. The van der Waals surface area contributed by atoms with Gasteiger partial charge in [-0.2, -0.15) is 21.6 Å². The largest absolute Gasteiger partial charge is 0.480 e. The Morgan fingerprint density at radius 2 is 2.06 bits per heavy atom. The molecule has 1 aliphatic rings. The van der Waals surface area contributed by atoms with E-state index in [0.29, 0.717) is 5.69 Å². The Bertz CT molecular complexity index is 510. The van der Waals surface area contributed by atoms with Crippen LogP contribution in [-0.4, -0.2) is 32.9 Å². The van der Waals surface area contributed by atoms with Crippen molar-refractivity contribution in [1.29, 1.82) is 0 Å². The average Bonchev–Trinajstić information content (AvgIpc) is 2.95. The highest BCUT2D eigenvalue weighted by Gasteiger charge is 2.56. The summed E-state index contributed by atoms with van der Waals surface area (Å²) in [4.78, 5) is 22.4. The van der Waals surface area contributed by atoms with Gasteiger partial charge in [0.05, 0.1) is 5.69 Å². The summed E-state index contributed by atoms with van der Waals surface area (Å²) in [6.07, 6.45) is 1.43. The Kier molecular flexibility index (Phi) is 3.48. The van der Waals surface area contributed by atoms with Crippen LogP contribution in [0.3, 0.4) is 0 Å². The van der Waals surface area contributed by atoms with Crippen LogP contribution in [0.4, 0.5) is 5.69 Å². The first-order chi connectivity index (χ1) is 8.57. The molecule has 1 aliphatic heterocycles. The molecule has 0 aliphatic carbocycles. The molecule has 1 aromatic rings. The number of carboxylic acid groups (broad SMARTS) is 2. The minimum Gasteiger partial charge on any atom is -0.480 e. The molecule has 2 N–H and O–H groups in total. The second-order valence-electron chi connectivity index (χ2n) is 3.43. The van der Waals surface area contributed by atoms with Crippen molar-refractivity contribution in [3.05, 3.63) is 28.3 Å². The van der Waals surface area contributed by atoms with Crippen LogP contribution in [0.1, 0.15) is 0 Å². The van der Waals surface area contributed by atoms with Gasteiger partial charge in [0.2, 0.25) is 4.75 Å². The molecule has 8 heteroatoms. The SMILES string of the molecule is O=C(O)C1(C(=O)O)SC=C[C@@H]1N=Nc1ccsc1. The lowest BCUT2D eigenvalue weighted by atomic mass is 10.0. The van der Waals surface area contributed by atoms with Crippen LogP contribution in [0.5, 0.6) is 0 Å². The summed E-state index contributed by atoms with van der Waals surface area (Å²) in [7, 11) is 0. The summed E-state index contributed by atoms with van der Waals surface area (Å²) in [5, 5.41) is 30.9. The minimum atomic E-state index is -2.01. The first-order valence-corrected chi connectivity index (χ1v) is 6.64. The van der Waals surface area contributed by atoms with Crippen molar-refractivity contribution in [3.8, 4) is 0 Å². The molecule has 6 nitrogen and oxygen atoms in total. The fourth-order valence-electron chi connectivity index (χ4n) is 1.43. The maximum atomic E-state index is 11.2. The minimum absolute atomic E-state index is 0.579. The summed E-state index contributed by atoms with van der Waals surface area (Å²) in [5.74, 6) is -2.86. The van der Waals surface area contributed by atoms with Gasteiger partial charge >= 0.3 is 11.9 Å². The topological polar surface area (TPSA) is 99.3 Å². The average molecular weight is 284 g/mol. The van der Waals surface area contributed by atoms with E-state index in [4.69, 9.17) is 10.2 Å². The van der Waals surface area contributed by atoms with Gasteiger partial charge in [-0.05, 0) is 22.9 Å². The normalized spacial score (nSPS) is 21.4. The molecule has 0 spiro atoms. The van der Waals surface area contributed by atoms with Gasteiger partial charge in [0, 0.05) is 5.38 Å². The molecule has 0 bridgehead atoms. The third-order valence-electron chi connectivity index (χ3n) is 2.37. The van der Waals surface area contributed by atoms with E-state index in [1.807, 2.05) is 0 Å². The molecule has 0 saturated heterocycles. The van der Waals surface area contributed by atoms with Crippen molar-refractivity contribution < 1.29 is 19.8 Å². The molecule has 94 valence electrons. The standard InChI is InChI=1S/C10H8N2O4S2/c13-8(14)10(9(15)16)7(2-4-18-10)12-11-6-1-3-17-5-6/h1-5,7H,(H,13,14)(H,15,16)/t7-/m0/s1. The van der Waals surface area contributed by atoms with Crippen LogP contribution in [-0.2, 0) is 9.59 Å². The number of aliphatic carboxylic acids is 2. The van der Waals surface area contributed by atoms with Crippen LogP contribution in [0, 0.1) is 0 Å². The van der Waals surface area contributed by atoms with E-state index in [2.05, 4.69) is 10.2 Å². The zero-order valence-electron chi connectivity index (χ0n) is 8.89. The van der Waals surface area contributed by atoms with Crippen molar-refractivity contribution in [2.45, 2.75) is 10.8 Å². The summed E-state index contributed by atoms with van der Waals surface area (Å²) >= 11 is 2.15. The van der Waals surface area contributed by atoms with E-state index in [0.717, 1.165) is 11.8 Å².